The summed E-state index contributed by atoms with van der Waals surface area (Å²) in [5, 5.41) is 0. The van der Waals surface area contributed by atoms with E-state index in [9.17, 15) is 13.2 Å². The fourth-order valence-corrected chi connectivity index (χ4v) is 3.65. The van der Waals surface area contributed by atoms with E-state index >= 15 is 0 Å². The largest absolute Gasteiger partial charge is 0.307 e. The number of hydrogen-bond acceptors (Lipinski definition) is 4. The maximum absolute atomic E-state index is 12.5. The number of anilines is 1. The van der Waals surface area contributed by atoms with Crippen LogP contribution in [0.3, 0.4) is 0 Å². The van der Waals surface area contributed by atoms with E-state index in [1.807, 2.05) is 13.8 Å². The van der Waals surface area contributed by atoms with Gasteiger partial charge in [0.1, 0.15) is 5.82 Å². The highest BCUT2D eigenvalue weighted by molar-refractivity contribution is 7.92. The van der Waals surface area contributed by atoms with Crippen molar-refractivity contribution < 1.29 is 8.42 Å². The third-order valence-corrected chi connectivity index (χ3v) is 5.45. The van der Waals surface area contributed by atoms with Gasteiger partial charge in [-0.05, 0) is 68.3 Å². The van der Waals surface area contributed by atoms with Crippen molar-refractivity contribution in [3.63, 3.8) is 0 Å². The van der Waals surface area contributed by atoms with Gasteiger partial charge in [-0.25, -0.2) is 13.4 Å². The van der Waals surface area contributed by atoms with Gasteiger partial charge in [-0.2, -0.15) is 0 Å². The number of hydrogen-bond donors (Lipinski definition) is 2. The number of H-pyrrole nitrogens is 1. The molecular weight excluding hydrogens is 350 g/mol. The van der Waals surface area contributed by atoms with E-state index in [2.05, 4.69) is 14.7 Å². The predicted molar refractivity (Wildman–Crippen MR) is 102 cm³/mol. The highest BCUT2D eigenvalue weighted by atomic mass is 32.2. The average molecular weight is 369 g/mol. The van der Waals surface area contributed by atoms with E-state index in [4.69, 9.17) is 0 Å². The van der Waals surface area contributed by atoms with Crippen LogP contribution in [0.2, 0.25) is 0 Å². The van der Waals surface area contributed by atoms with Crippen molar-refractivity contribution in [3.8, 4) is 11.4 Å². The molecule has 0 unspecified atom stereocenters. The Hall–Kier alpha value is -2.93. The zero-order chi connectivity index (χ0) is 18.9. The second-order valence-corrected chi connectivity index (χ2v) is 7.85. The Morgan fingerprint density at radius 1 is 0.923 bits per heavy atom. The molecule has 0 radical (unpaired) electrons. The van der Waals surface area contributed by atoms with Crippen molar-refractivity contribution >= 4 is 15.7 Å². The molecule has 7 heteroatoms. The predicted octanol–water partition coefficient (Wildman–Crippen LogP) is 3.16. The lowest BCUT2D eigenvalue weighted by molar-refractivity contribution is 0.601. The molecule has 0 saturated heterocycles. The zero-order valence-electron chi connectivity index (χ0n) is 14.7. The molecule has 0 amide bonds. The number of rotatable bonds is 4. The number of aryl methyl sites for hydroxylation is 3. The van der Waals surface area contributed by atoms with Gasteiger partial charge in [0, 0.05) is 23.0 Å². The first kappa shape index (κ1) is 17.9. The van der Waals surface area contributed by atoms with Gasteiger partial charge in [0.15, 0.2) is 0 Å². The Balaban J connectivity index is 1.86. The summed E-state index contributed by atoms with van der Waals surface area (Å²) in [4.78, 5) is 18.7. The molecule has 0 aliphatic rings. The van der Waals surface area contributed by atoms with Crippen LogP contribution in [0, 0.1) is 20.8 Å². The fourth-order valence-electron chi connectivity index (χ4n) is 2.51. The molecule has 0 fully saturated rings. The standard InChI is InChI=1S/C19H19N3O3S/c1-12-4-9-17(10-13(12)2)26(24,25)22-16-7-5-15(6-8-16)19-20-14(3)11-18(23)21-19/h4-11,22H,1-3H3,(H,20,21,23). The second kappa shape index (κ2) is 6.76. The Labute approximate surface area is 152 Å². The van der Waals surface area contributed by atoms with Crippen LogP contribution in [-0.4, -0.2) is 18.4 Å². The van der Waals surface area contributed by atoms with Crippen molar-refractivity contribution in [3.05, 3.63) is 75.7 Å². The molecule has 2 N–H and O–H groups in total. The number of benzene rings is 2. The lowest BCUT2D eigenvalue weighted by atomic mass is 10.1. The van der Waals surface area contributed by atoms with E-state index in [1.165, 1.54) is 6.07 Å². The molecule has 3 rings (SSSR count). The van der Waals surface area contributed by atoms with Gasteiger partial charge < -0.3 is 4.98 Å². The first-order valence-electron chi connectivity index (χ1n) is 8.03. The maximum atomic E-state index is 12.5. The number of aromatic amines is 1. The summed E-state index contributed by atoms with van der Waals surface area (Å²) in [6, 6.07) is 13.1. The van der Waals surface area contributed by atoms with Gasteiger partial charge in [-0.3, -0.25) is 9.52 Å². The monoisotopic (exact) mass is 369 g/mol. The van der Waals surface area contributed by atoms with Gasteiger partial charge in [0.05, 0.1) is 4.90 Å². The minimum Gasteiger partial charge on any atom is -0.307 e. The molecule has 6 nitrogen and oxygen atoms in total. The third-order valence-electron chi connectivity index (χ3n) is 4.07. The van der Waals surface area contributed by atoms with Gasteiger partial charge in [-0.15, -0.1) is 0 Å². The molecule has 1 aromatic heterocycles. The Bertz CT molecular complexity index is 1120. The maximum Gasteiger partial charge on any atom is 0.261 e. The smallest absolute Gasteiger partial charge is 0.261 e. The summed E-state index contributed by atoms with van der Waals surface area (Å²) < 4.78 is 27.6. The van der Waals surface area contributed by atoms with Gasteiger partial charge >= 0.3 is 0 Å². The van der Waals surface area contributed by atoms with Crippen molar-refractivity contribution in [2.24, 2.45) is 0 Å². The van der Waals surface area contributed by atoms with Crippen molar-refractivity contribution in [2.45, 2.75) is 25.7 Å². The molecule has 2 aromatic carbocycles. The average Bonchev–Trinajstić information content (AvgIpc) is 2.56. The minimum absolute atomic E-state index is 0.217. The molecule has 0 bridgehead atoms. The number of nitrogens with zero attached hydrogens (tertiary/aromatic N) is 1. The topological polar surface area (TPSA) is 91.9 Å². The fraction of sp³-hybridized carbons (Fsp3) is 0.158. The summed E-state index contributed by atoms with van der Waals surface area (Å²) >= 11 is 0. The summed E-state index contributed by atoms with van der Waals surface area (Å²) in [6.45, 7) is 5.55. The molecule has 0 spiro atoms. The lowest BCUT2D eigenvalue weighted by Crippen LogP contribution is -2.13. The Kier molecular flexibility index (Phi) is 4.65. The molecule has 0 aliphatic heterocycles. The van der Waals surface area contributed by atoms with E-state index in [-0.39, 0.29) is 10.5 Å². The van der Waals surface area contributed by atoms with Gasteiger partial charge in [0.25, 0.3) is 15.6 Å². The molecule has 3 aromatic rings. The first-order valence-corrected chi connectivity index (χ1v) is 9.51. The van der Waals surface area contributed by atoms with Gasteiger partial charge in [0.2, 0.25) is 0 Å². The van der Waals surface area contributed by atoms with Crippen LogP contribution >= 0.6 is 0 Å². The quantitative estimate of drug-likeness (QED) is 0.739. The van der Waals surface area contributed by atoms with E-state index in [0.29, 0.717) is 22.8 Å². The first-order chi connectivity index (χ1) is 12.2. The zero-order valence-corrected chi connectivity index (χ0v) is 15.5. The van der Waals surface area contributed by atoms with Crippen LogP contribution in [0.5, 0.6) is 0 Å². The molecule has 0 saturated carbocycles. The molecule has 0 aliphatic carbocycles. The molecule has 26 heavy (non-hydrogen) atoms. The van der Waals surface area contributed by atoms with Crippen LogP contribution in [0.25, 0.3) is 11.4 Å². The molecule has 1 heterocycles. The molecule has 134 valence electrons. The van der Waals surface area contributed by atoms with E-state index in [0.717, 1.165) is 11.1 Å². The Morgan fingerprint density at radius 3 is 2.23 bits per heavy atom. The SMILES string of the molecule is Cc1cc(=O)[nH]c(-c2ccc(NS(=O)(=O)c3ccc(C)c(C)c3)cc2)n1. The number of sulfonamides is 1. The van der Waals surface area contributed by atoms with Crippen molar-refractivity contribution in [2.75, 3.05) is 4.72 Å². The van der Waals surface area contributed by atoms with Crippen LogP contribution in [0.15, 0.2) is 58.2 Å². The summed E-state index contributed by atoms with van der Waals surface area (Å²) in [6.07, 6.45) is 0. The van der Waals surface area contributed by atoms with Crippen LogP contribution in [-0.2, 0) is 10.0 Å². The highest BCUT2D eigenvalue weighted by Crippen LogP contribution is 2.21. The van der Waals surface area contributed by atoms with E-state index < -0.39 is 10.0 Å². The summed E-state index contributed by atoms with van der Waals surface area (Å²) in [5.41, 5.74) is 3.46. The summed E-state index contributed by atoms with van der Waals surface area (Å²) in [5.74, 6) is 0.443. The van der Waals surface area contributed by atoms with Gasteiger partial charge in [-0.1, -0.05) is 6.07 Å². The van der Waals surface area contributed by atoms with Crippen LogP contribution < -0.4 is 10.3 Å². The normalized spacial score (nSPS) is 11.3. The van der Waals surface area contributed by atoms with E-state index in [1.54, 1.807) is 49.4 Å². The minimum atomic E-state index is -3.67. The Morgan fingerprint density at radius 2 is 1.62 bits per heavy atom. The van der Waals surface area contributed by atoms with Crippen LogP contribution in [0.4, 0.5) is 5.69 Å². The third kappa shape index (κ3) is 3.83. The van der Waals surface area contributed by atoms with Crippen LogP contribution in [0.1, 0.15) is 16.8 Å². The van der Waals surface area contributed by atoms with Crippen molar-refractivity contribution in [1.29, 1.82) is 0 Å². The number of nitrogens with one attached hydrogen (secondary N) is 2. The van der Waals surface area contributed by atoms with Crippen molar-refractivity contribution in [1.82, 2.24) is 9.97 Å². The molecule has 0 atom stereocenters. The second-order valence-electron chi connectivity index (χ2n) is 6.16. The lowest BCUT2D eigenvalue weighted by Gasteiger charge is -2.10. The summed E-state index contributed by atoms with van der Waals surface area (Å²) in [7, 11) is -3.67. The highest BCUT2D eigenvalue weighted by Gasteiger charge is 2.15. The molecular formula is C19H19N3O3S. The number of aromatic nitrogens is 2.